The number of carbonyl (C=O) groups excluding carboxylic acids is 3. The Labute approximate surface area is 82.0 Å². The van der Waals surface area contributed by atoms with Crippen molar-refractivity contribution in [2.75, 3.05) is 19.8 Å². The van der Waals surface area contributed by atoms with E-state index in [0.717, 1.165) is 11.3 Å². The Balaban J connectivity index is 2.52. The monoisotopic (exact) mass is 199 g/mol. The second-order valence-corrected chi connectivity index (χ2v) is 3.16. The Hall–Kier alpha value is -1.23. The first-order chi connectivity index (χ1) is 6.65. The summed E-state index contributed by atoms with van der Waals surface area (Å²) >= 11 is 0. The van der Waals surface area contributed by atoms with Crippen molar-refractivity contribution in [2.24, 2.45) is 0 Å². The molecule has 1 aliphatic rings. The molecule has 0 bridgehead atoms. The first-order valence-electron chi connectivity index (χ1n) is 4.57. The Morgan fingerprint density at radius 3 is 2.43 bits per heavy atom. The predicted molar refractivity (Wildman–Crippen MR) is 47.5 cm³/mol. The van der Waals surface area contributed by atoms with Crippen LogP contribution in [0.4, 0.5) is 0 Å². The van der Waals surface area contributed by atoms with Gasteiger partial charge in [0.1, 0.15) is 13.2 Å². The summed E-state index contributed by atoms with van der Waals surface area (Å²) in [4.78, 5) is 34.5. The second-order valence-electron chi connectivity index (χ2n) is 3.16. The van der Waals surface area contributed by atoms with Gasteiger partial charge in [0.25, 0.3) is 11.8 Å². The van der Waals surface area contributed by atoms with Gasteiger partial charge in [0.05, 0.1) is 6.54 Å². The van der Waals surface area contributed by atoms with Crippen molar-refractivity contribution in [3.05, 3.63) is 0 Å². The lowest BCUT2D eigenvalue weighted by Crippen LogP contribution is -2.48. The quantitative estimate of drug-likeness (QED) is 0.585. The van der Waals surface area contributed by atoms with Crippen LogP contribution < -0.4 is 0 Å². The van der Waals surface area contributed by atoms with Crippen LogP contribution >= 0.6 is 0 Å². The zero-order valence-corrected chi connectivity index (χ0v) is 8.12. The van der Waals surface area contributed by atoms with E-state index >= 15 is 0 Å². The van der Waals surface area contributed by atoms with Gasteiger partial charge in [-0.2, -0.15) is 0 Å². The van der Waals surface area contributed by atoms with Crippen LogP contribution in [0.3, 0.4) is 0 Å². The summed E-state index contributed by atoms with van der Waals surface area (Å²) in [7, 11) is 0. The highest BCUT2D eigenvalue weighted by molar-refractivity contribution is 6.01. The van der Waals surface area contributed by atoms with Gasteiger partial charge in [-0.1, -0.05) is 6.92 Å². The Bertz CT molecular complexity index is 246. The third-order valence-electron chi connectivity index (χ3n) is 1.92. The van der Waals surface area contributed by atoms with E-state index in [-0.39, 0.29) is 25.5 Å². The number of imide groups is 1. The molecule has 0 spiro atoms. The lowest BCUT2D eigenvalue weighted by Gasteiger charge is -2.23. The summed E-state index contributed by atoms with van der Waals surface area (Å²) in [6.07, 6.45) is 1.13. The van der Waals surface area contributed by atoms with Gasteiger partial charge >= 0.3 is 0 Å². The van der Waals surface area contributed by atoms with Gasteiger partial charge in [0.15, 0.2) is 5.78 Å². The van der Waals surface area contributed by atoms with Crippen molar-refractivity contribution in [1.29, 1.82) is 0 Å². The molecule has 0 unspecified atom stereocenters. The fraction of sp³-hybridized carbons (Fsp3) is 0.667. The van der Waals surface area contributed by atoms with E-state index in [1.54, 1.807) is 0 Å². The topological polar surface area (TPSA) is 63.7 Å². The Morgan fingerprint density at radius 2 is 1.93 bits per heavy atom. The number of carbonyl (C=O) groups is 3. The van der Waals surface area contributed by atoms with Crippen molar-refractivity contribution < 1.29 is 19.1 Å². The molecule has 1 rings (SSSR count). The maximum atomic E-state index is 11.2. The van der Waals surface area contributed by atoms with Crippen LogP contribution in [0.15, 0.2) is 0 Å². The van der Waals surface area contributed by atoms with Crippen molar-refractivity contribution in [3.8, 4) is 0 Å². The number of amides is 2. The van der Waals surface area contributed by atoms with Gasteiger partial charge in [0.2, 0.25) is 0 Å². The molecule has 1 saturated heterocycles. The van der Waals surface area contributed by atoms with Crippen LogP contribution in [0.1, 0.15) is 19.8 Å². The van der Waals surface area contributed by atoms with Crippen LogP contribution in [-0.4, -0.2) is 42.3 Å². The molecule has 0 atom stereocenters. The van der Waals surface area contributed by atoms with Gasteiger partial charge in [-0.05, 0) is 6.42 Å². The van der Waals surface area contributed by atoms with Crippen LogP contribution in [-0.2, 0) is 19.1 Å². The summed E-state index contributed by atoms with van der Waals surface area (Å²) < 4.78 is 4.71. The smallest absolute Gasteiger partial charge is 0.255 e. The summed E-state index contributed by atoms with van der Waals surface area (Å²) in [5, 5.41) is 0. The molecular formula is C9H13NO4. The molecule has 1 heterocycles. The molecule has 0 aromatic carbocycles. The molecule has 1 aliphatic heterocycles. The Kier molecular flexibility index (Phi) is 3.76. The van der Waals surface area contributed by atoms with Crippen molar-refractivity contribution in [3.63, 3.8) is 0 Å². The van der Waals surface area contributed by atoms with E-state index < -0.39 is 11.8 Å². The van der Waals surface area contributed by atoms with Crippen LogP contribution in [0.2, 0.25) is 0 Å². The van der Waals surface area contributed by atoms with E-state index in [4.69, 9.17) is 4.74 Å². The molecule has 78 valence electrons. The zero-order valence-electron chi connectivity index (χ0n) is 8.12. The molecule has 0 N–H and O–H groups in total. The number of hydrogen-bond donors (Lipinski definition) is 0. The minimum absolute atomic E-state index is 0.0869. The lowest BCUT2D eigenvalue weighted by molar-refractivity contribution is -0.160. The third-order valence-corrected chi connectivity index (χ3v) is 1.92. The van der Waals surface area contributed by atoms with Crippen molar-refractivity contribution in [1.82, 2.24) is 4.90 Å². The van der Waals surface area contributed by atoms with Gasteiger partial charge in [0, 0.05) is 6.42 Å². The molecule has 0 aromatic heterocycles. The maximum absolute atomic E-state index is 11.2. The van der Waals surface area contributed by atoms with E-state index in [1.807, 2.05) is 6.92 Å². The first-order valence-corrected chi connectivity index (χ1v) is 4.57. The van der Waals surface area contributed by atoms with E-state index in [2.05, 4.69) is 0 Å². The molecule has 0 radical (unpaired) electrons. The number of rotatable bonds is 4. The van der Waals surface area contributed by atoms with Crippen molar-refractivity contribution in [2.45, 2.75) is 19.8 Å². The molecule has 0 aromatic rings. The number of nitrogens with zero attached hydrogens (tertiary/aromatic N) is 1. The van der Waals surface area contributed by atoms with Gasteiger partial charge in [-0.15, -0.1) is 0 Å². The molecule has 1 fully saturated rings. The van der Waals surface area contributed by atoms with Crippen LogP contribution in [0.5, 0.6) is 0 Å². The summed E-state index contributed by atoms with van der Waals surface area (Å²) in [6, 6.07) is 0. The van der Waals surface area contributed by atoms with Crippen LogP contribution in [0, 0.1) is 0 Å². The average molecular weight is 199 g/mol. The number of Topliss-reactive ketones (excluding diaryl/α,β-unsaturated/α-hetero) is 1. The minimum atomic E-state index is -0.425. The predicted octanol–water partition coefficient (Wildman–Crippen LogP) is -0.259. The van der Waals surface area contributed by atoms with E-state index in [1.165, 1.54) is 0 Å². The molecule has 0 saturated carbocycles. The largest absolute Gasteiger partial charge is 0.362 e. The average Bonchev–Trinajstić information content (AvgIpc) is 2.12. The number of hydrogen-bond acceptors (Lipinski definition) is 4. The fourth-order valence-corrected chi connectivity index (χ4v) is 1.23. The summed E-state index contributed by atoms with van der Waals surface area (Å²) in [6.45, 7) is 1.56. The van der Waals surface area contributed by atoms with Crippen molar-refractivity contribution >= 4 is 17.6 Å². The lowest BCUT2D eigenvalue weighted by atomic mass is 10.2. The standard InChI is InChI=1S/C9H13NO4/c1-2-3-7(11)4-10-8(12)5-14-6-9(10)13/h2-6H2,1H3. The number of ether oxygens (including phenoxy) is 1. The highest BCUT2D eigenvalue weighted by Gasteiger charge is 2.27. The summed E-state index contributed by atoms with van der Waals surface area (Å²) in [5.74, 6) is -0.937. The molecule has 5 nitrogen and oxygen atoms in total. The highest BCUT2D eigenvalue weighted by atomic mass is 16.5. The molecule has 14 heavy (non-hydrogen) atoms. The Morgan fingerprint density at radius 1 is 1.36 bits per heavy atom. The van der Waals surface area contributed by atoms with Gasteiger partial charge in [-0.25, -0.2) is 0 Å². The fourth-order valence-electron chi connectivity index (χ4n) is 1.23. The van der Waals surface area contributed by atoms with E-state index in [0.29, 0.717) is 6.42 Å². The van der Waals surface area contributed by atoms with E-state index in [9.17, 15) is 14.4 Å². The first kappa shape index (κ1) is 10.8. The third kappa shape index (κ3) is 2.63. The molecule has 2 amide bonds. The zero-order chi connectivity index (χ0) is 10.6. The summed E-state index contributed by atoms with van der Waals surface area (Å²) in [5.41, 5.74) is 0. The number of morpholine rings is 1. The normalized spacial score (nSPS) is 17.4. The maximum Gasteiger partial charge on any atom is 0.255 e. The number of ketones is 1. The second kappa shape index (κ2) is 4.85. The van der Waals surface area contributed by atoms with Crippen LogP contribution in [0.25, 0.3) is 0 Å². The minimum Gasteiger partial charge on any atom is -0.362 e. The molecular weight excluding hydrogens is 186 g/mol. The van der Waals surface area contributed by atoms with Gasteiger partial charge < -0.3 is 4.74 Å². The molecule has 5 heteroatoms. The highest BCUT2D eigenvalue weighted by Crippen LogP contribution is 2.02. The molecule has 0 aliphatic carbocycles. The SMILES string of the molecule is CCCC(=O)CN1C(=O)COCC1=O. The van der Waals surface area contributed by atoms with Gasteiger partial charge in [-0.3, -0.25) is 19.3 Å².